The summed E-state index contributed by atoms with van der Waals surface area (Å²) in [4.78, 5) is 27.3. The van der Waals surface area contributed by atoms with Gasteiger partial charge in [-0.2, -0.15) is 5.10 Å². The van der Waals surface area contributed by atoms with Gasteiger partial charge in [-0.3, -0.25) is 14.4 Å². The molecule has 0 unspecified atom stereocenters. The molecule has 1 fully saturated rings. The lowest BCUT2D eigenvalue weighted by molar-refractivity contribution is -0.133. The first-order valence-electron chi connectivity index (χ1n) is 8.53. The molecule has 0 saturated carbocycles. The molecule has 1 aliphatic rings. The summed E-state index contributed by atoms with van der Waals surface area (Å²) in [5.74, 6) is -1.29. The Hall–Kier alpha value is -2.74. The Balaban J connectivity index is 1.47. The van der Waals surface area contributed by atoms with E-state index in [-0.39, 0.29) is 30.4 Å². The summed E-state index contributed by atoms with van der Waals surface area (Å²) in [5.41, 5.74) is 0.736. The summed E-state index contributed by atoms with van der Waals surface area (Å²) in [5, 5.41) is 13.0. The summed E-state index contributed by atoms with van der Waals surface area (Å²) >= 11 is 0. The van der Waals surface area contributed by atoms with Gasteiger partial charge in [-0.15, -0.1) is 0 Å². The van der Waals surface area contributed by atoms with Gasteiger partial charge in [0.15, 0.2) is 0 Å². The van der Waals surface area contributed by atoms with Gasteiger partial charge in [-0.1, -0.05) is 18.2 Å². The van der Waals surface area contributed by atoms with E-state index in [2.05, 4.69) is 10.00 Å². The zero-order valence-electron chi connectivity index (χ0n) is 14.3. The third-order valence-corrected chi connectivity index (χ3v) is 4.55. The van der Waals surface area contributed by atoms with E-state index in [0.717, 1.165) is 0 Å². The minimum atomic E-state index is -1.06. The largest absolute Gasteiger partial charge is 0.477 e. The van der Waals surface area contributed by atoms with E-state index in [1.54, 1.807) is 17.0 Å². The zero-order valence-corrected chi connectivity index (χ0v) is 14.3. The molecule has 26 heavy (non-hydrogen) atoms. The summed E-state index contributed by atoms with van der Waals surface area (Å²) in [6.45, 7) is 3.30. The van der Waals surface area contributed by atoms with E-state index in [0.29, 0.717) is 38.3 Å². The van der Waals surface area contributed by atoms with E-state index in [4.69, 9.17) is 5.11 Å². The number of carbonyl (C=O) groups excluding carboxylic acids is 1. The topological polar surface area (TPSA) is 78.7 Å². The lowest BCUT2D eigenvalue weighted by Gasteiger charge is -2.34. The fourth-order valence-electron chi connectivity index (χ4n) is 3.08. The number of amides is 1. The Morgan fingerprint density at radius 3 is 2.54 bits per heavy atom. The molecular formula is C18H21FN4O3. The van der Waals surface area contributed by atoms with Gasteiger partial charge in [0, 0.05) is 50.9 Å². The maximum Gasteiger partial charge on any atom is 0.354 e. The minimum absolute atomic E-state index is 0.0256. The predicted molar refractivity (Wildman–Crippen MR) is 92.1 cm³/mol. The molecule has 3 rings (SSSR count). The van der Waals surface area contributed by atoms with Crippen LogP contribution in [0, 0.1) is 5.82 Å². The molecule has 0 bridgehead atoms. The Bertz CT molecular complexity index is 784. The second kappa shape index (κ2) is 8.09. The molecule has 1 aromatic heterocycles. The van der Waals surface area contributed by atoms with Crippen LogP contribution >= 0.6 is 0 Å². The van der Waals surface area contributed by atoms with Crippen molar-refractivity contribution in [1.29, 1.82) is 0 Å². The molecule has 2 heterocycles. The number of aromatic carboxylic acids is 1. The lowest BCUT2D eigenvalue weighted by Crippen LogP contribution is -2.48. The molecule has 2 aromatic rings. The number of carboxylic acids is 1. The van der Waals surface area contributed by atoms with Gasteiger partial charge in [0.2, 0.25) is 5.91 Å². The Kier molecular flexibility index (Phi) is 5.62. The van der Waals surface area contributed by atoms with E-state index < -0.39 is 5.97 Å². The molecule has 1 saturated heterocycles. The average molecular weight is 360 g/mol. The molecule has 1 aliphatic heterocycles. The normalized spacial score (nSPS) is 15.2. The first kappa shape index (κ1) is 18.1. The number of carbonyl (C=O) groups is 2. The van der Waals surface area contributed by atoms with Crippen LogP contribution in [0.1, 0.15) is 22.5 Å². The molecule has 138 valence electrons. The smallest absolute Gasteiger partial charge is 0.354 e. The number of nitrogens with zero attached hydrogens (tertiary/aromatic N) is 4. The second-order valence-electron chi connectivity index (χ2n) is 6.24. The van der Waals surface area contributed by atoms with E-state index in [1.807, 2.05) is 6.07 Å². The standard InChI is InChI=1S/C18H21FN4O3/c19-15-4-2-1-3-14(15)13-21-9-11-22(12-10-21)17(24)6-8-23-16(18(25)26)5-7-20-23/h1-5,7H,6,8-13H2,(H,25,26). The average Bonchev–Trinajstić information content (AvgIpc) is 3.11. The van der Waals surface area contributed by atoms with E-state index in [1.165, 1.54) is 23.0 Å². The van der Waals surface area contributed by atoms with Gasteiger partial charge in [0.05, 0.1) is 6.54 Å². The highest BCUT2D eigenvalue weighted by Gasteiger charge is 2.22. The maximum atomic E-state index is 13.7. The van der Waals surface area contributed by atoms with Gasteiger partial charge < -0.3 is 10.0 Å². The third kappa shape index (κ3) is 4.26. The van der Waals surface area contributed by atoms with E-state index >= 15 is 0 Å². The van der Waals surface area contributed by atoms with Crippen LogP contribution in [-0.4, -0.2) is 62.7 Å². The summed E-state index contributed by atoms with van der Waals surface area (Å²) in [7, 11) is 0. The third-order valence-electron chi connectivity index (χ3n) is 4.55. The highest BCUT2D eigenvalue weighted by Crippen LogP contribution is 2.13. The van der Waals surface area contributed by atoms with Crippen molar-refractivity contribution in [1.82, 2.24) is 19.6 Å². The van der Waals surface area contributed by atoms with Gasteiger partial charge >= 0.3 is 5.97 Å². The number of halogens is 1. The fraction of sp³-hybridized carbons (Fsp3) is 0.389. The van der Waals surface area contributed by atoms with Crippen LogP contribution < -0.4 is 0 Å². The predicted octanol–water partition coefficient (Wildman–Crippen LogP) is 1.45. The highest BCUT2D eigenvalue weighted by molar-refractivity contribution is 5.85. The van der Waals surface area contributed by atoms with Gasteiger partial charge in [-0.05, 0) is 12.1 Å². The molecule has 8 heteroatoms. The first-order chi connectivity index (χ1) is 12.5. The molecule has 1 N–H and O–H groups in total. The Morgan fingerprint density at radius 1 is 1.12 bits per heavy atom. The minimum Gasteiger partial charge on any atom is -0.477 e. The Morgan fingerprint density at radius 2 is 1.85 bits per heavy atom. The van der Waals surface area contributed by atoms with Crippen molar-refractivity contribution >= 4 is 11.9 Å². The molecule has 0 aliphatic carbocycles. The summed E-state index contributed by atoms with van der Waals surface area (Å²) < 4.78 is 15.1. The van der Waals surface area contributed by atoms with Crippen LogP contribution in [0.3, 0.4) is 0 Å². The summed E-state index contributed by atoms with van der Waals surface area (Å²) in [6.07, 6.45) is 1.62. The molecule has 7 nitrogen and oxygen atoms in total. The van der Waals surface area contributed by atoms with Crippen molar-refractivity contribution in [2.45, 2.75) is 19.5 Å². The van der Waals surface area contributed by atoms with Crippen LogP contribution in [0.2, 0.25) is 0 Å². The highest BCUT2D eigenvalue weighted by atomic mass is 19.1. The molecule has 0 atom stereocenters. The molecule has 0 spiro atoms. The van der Waals surface area contributed by atoms with Gasteiger partial charge in [0.1, 0.15) is 11.5 Å². The van der Waals surface area contributed by atoms with Crippen molar-refractivity contribution in [3.63, 3.8) is 0 Å². The summed E-state index contributed by atoms with van der Waals surface area (Å²) in [6, 6.07) is 8.13. The van der Waals surface area contributed by atoms with Crippen molar-refractivity contribution in [3.8, 4) is 0 Å². The van der Waals surface area contributed by atoms with Crippen LogP contribution in [0.5, 0.6) is 0 Å². The van der Waals surface area contributed by atoms with Crippen LogP contribution in [0.25, 0.3) is 0 Å². The molecule has 1 aromatic carbocycles. The van der Waals surface area contributed by atoms with Gasteiger partial charge in [0.25, 0.3) is 0 Å². The number of hydrogen-bond donors (Lipinski definition) is 1. The van der Waals surface area contributed by atoms with Crippen LogP contribution in [-0.2, 0) is 17.9 Å². The van der Waals surface area contributed by atoms with Crippen LogP contribution in [0.15, 0.2) is 36.5 Å². The molecule has 0 radical (unpaired) electrons. The number of aryl methyl sites for hydroxylation is 1. The SMILES string of the molecule is O=C(O)c1ccnn1CCC(=O)N1CCN(Cc2ccccc2F)CC1. The monoisotopic (exact) mass is 360 g/mol. The quantitative estimate of drug-likeness (QED) is 0.844. The number of hydrogen-bond acceptors (Lipinski definition) is 4. The first-order valence-corrected chi connectivity index (χ1v) is 8.53. The van der Waals surface area contributed by atoms with Crippen molar-refractivity contribution in [3.05, 3.63) is 53.6 Å². The van der Waals surface area contributed by atoms with Crippen molar-refractivity contribution in [2.24, 2.45) is 0 Å². The fourth-order valence-corrected chi connectivity index (χ4v) is 3.08. The Labute approximate surface area is 150 Å². The number of carboxylic acid groups (broad SMARTS) is 1. The number of benzene rings is 1. The maximum absolute atomic E-state index is 13.7. The molecular weight excluding hydrogens is 339 g/mol. The van der Waals surface area contributed by atoms with E-state index in [9.17, 15) is 14.0 Å². The van der Waals surface area contributed by atoms with Gasteiger partial charge in [-0.25, -0.2) is 9.18 Å². The second-order valence-corrected chi connectivity index (χ2v) is 6.24. The van der Waals surface area contributed by atoms with Crippen molar-refractivity contribution in [2.75, 3.05) is 26.2 Å². The number of piperazine rings is 1. The van der Waals surface area contributed by atoms with Crippen LogP contribution in [0.4, 0.5) is 4.39 Å². The zero-order chi connectivity index (χ0) is 18.5. The number of aromatic nitrogens is 2. The molecule has 1 amide bonds. The number of rotatable bonds is 6. The van der Waals surface area contributed by atoms with Crippen molar-refractivity contribution < 1.29 is 19.1 Å². The lowest BCUT2D eigenvalue weighted by atomic mass is 10.2.